The first-order chi connectivity index (χ1) is 11.0. The number of hydrogen-bond acceptors (Lipinski definition) is 3. The number of imidazole rings is 1. The van der Waals surface area contributed by atoms with Crippen LogP contribution in [0.25, 0.3) is 22.6 Å². The van der Waals surface area contributed by atoms with E-state index in [-0.39, 0.29) is 5.91 Å². The third kappa shape index (κ3) is 2.21. The zero-order valence-corrected chi connectivity index (χ0v) is 13.5. The number of aromatic nitrogens is 4. The smallest absolute Gasteiger partial charge is 0.219 e. The molecule has 23 heavy (non-hydrogen) atoms. The Labute approximate surface area is 133 Å². The molecular weight excluding hydrogens is 290 g/mol. The Bertz CT molecular complexity index is 882. The van der Waals surface area contributed by atoms with Crippen molar-refractivity contribution >= 4 is 16.9 Å². The fourth-order valence-corrected chi connectivity index (χ4v) is 3.14. The molecule has 2 aromatic heterocycles. The molecule has 0 atom stereocenters. The number of amides is 1. The highest BCUT2D eigenvalue weighted by Crippen LogP contribution is 2.28. The highest BCUT2D eigenvalue weighted by molar-refractivity contribution is 5.81. The van der Waals surface area contributed by atoms with E-state index >= 15 is 0 Å². The van der Waals surface area contributed by atoms with Gasteiger partial charge in [-0.25, -0.2) is 4.98 Å². The van der Waals surface area contributed by atoms with Gasteiger partial charge < -0.3 is 9.88 Å². The minimum Gasteiger partial charge on any atom is -0.338 e. The normalized spacial score (nSPS) is 14.3. The summed E-state index contributed by atoms with van der Waals surface area (Å²) in [5.41, 5.74) is 7.40. The van der Waals surface area contributed by atoms with E-state index in [1.165, 1.54) is 11.1 Å². The number of H-pyrrole nitrogens is 2. The van der Waals surface area contributed by atoms with Crippen LogP contribution in [0.3, 0.4) is 0 Å². The van der Waals surface area contributed by atoms with E-state index in [9.17, 15) is 4.79 Å². The summed E-state index contributed by atoms with van der Waals surface area (Å²) >= 11 is 0. The third-order valence-electron chi connectivity index (χ3n) is 4.70. The molecule has 0 fully saturated rings. The van der Waals surface area contributed by atoms with Crippen molar-refractivity contribution in [1.29, 1.82) is 0 Å². The quantitative estimate of drug-likeness (QED) is 0.725. The molecule has 4 rings (SSSR count). The molecule has 3 aromatic rings. The van der Waals surface area contributed by atoms with Crippen molar-refractivity contribution in [3.05, 3.63) is 34.5 Å². The lowest BCUT2D eigenvalue weighted by Crippen LogP contribution is -2.34. The first-order valence-electron chi connectivity index (χ1n) is 7.82. The Morgan fingerprint density at radius 3 is 2.83 bits per heavy atom. The molecule has 0 aliphatic carbocycles. The molecule has 0 spiro atoms. The first-order valence-corrected chi connectivity index (χ1v) is 7.82. The fraction of sp³-hybridized carbons (Fsp3) is 0.353. The van der Waals surface area contributed by atoms with Gasteiger partial charge in [0.15, 0.2) is 5.82 Å². The van der Waals surface area contributed by atoms with E-state index in [0.717, 1.165) is 46.8 Å². The van der Waals surface area contributed by atoms with Crippen molar-refractivity contribution < 1.29 is 4.79 Å². The maximum Gasteiger partial charge on any atom is 0.219 e. The topological polar surface area (TPSA) is 77.7 Å². The van der Waals surface area contributed by atoms with E-state index in [0.29, 0.717) is 6.54 Å². The minimum absolute atomic E-state index is 0.0960. The largest absolute Gasteiger partial charge is 0.338 e. The highest BCUT2D eigenvalue weighted by Gasteiger charge is 2.25. The van der Waals surface area contributed by atoms with Crippen molar-refractivity contribution in [2.75, 3.05) is 6.54 Å². The van der Waals surface area contributed by atoms with E-state index < -0.39 is 0 Å². The number of carbonyl (C=O) groups excluding carboxylic acids is 1. The Morgan fingerprint density at radius 1 is 1.26 bits per heavy atom. The van der Waals surface area contributed by atoms with Gasteiger partial charge >= 0.3 is 0 Å². The molecule has 2 N–H and O–H groups in total. The molecule has 1 amide bonds. The second-order valence-electron chi connectivity index (χ2n) is 6.26. The van der Waals surface area contributed by atoms with E-state index in [4.69, 9.17) is 4.98 Å². The Morgan fingerprint density at radius 2 is 2.04 bits per heavy atom. The van der Waals surface area contributed by atoms with Gasteiger partial charge in [-0.2, -0.15) is 5.10 Å². The molecule has 6 nitrogen and oxygen atoms in total. The summed E-state index contributed by atoms with van der Waals surface area (Å²) in [6.45, 7) is 7.12. The lowest BCUT2D eigenvalue weighted by Gasteiger charge is -2.25. The van der Waals surface area contributed by atoms with Gasteiger partial charge in [0.1, 0.15) is 5.69 Å². The number of rotatable bonds is 1. The van der Waals surface area contributed by atoms with Crippen molar-refractivity contribution in [3.63, 3.8) is 0 Å². The van der Waals surface area contributed by atoms with Gasteiger partial charge in [0, 0.05) is 37.7 Å². The number of nitrogens with one attached hydrogen (secondary N) is 2. The molecule has 0 radical (unpaired) electrons. The lowest BCUT2D eigenvalue weighted by molar-refractivity contribution is -0.129. The van der Waals surface area contributed by atoms with Crippen molar-refractivity contribution in [3.8, 4) is 11.5 Å². The Balaban J connectivity index is 1.80. The number of nitrogens with zero attached hydrogens (tertiary/aromatic N) is 3. The Hall–Kier alpha value is -2.63. The Kier molecular flexibility index (Phi) is 3.01. The van der Waals surface area contributed by atoms with Crippen LogP contribution in [0.4, 0.5) is 0 Å². The van der Waals surface area contributed by atoms with Crippen LogP contribution in [0.2, 0.25) is 0 Å². The highest BCUT2D eigenvalue weighted by atomic mass is 16.2. The predicted molar refractivity (Wildman–Crippen MR) is 87.9 cm³/mol. The number of benzene rings is 1. The van der Waals surface area contributed by atoms with Crippen LogP contribution in [-0.2, 0) is 17.8 Å². The predicted octanol–water partition coefficient (Wildman–Crippen LogP) is 2.47. The van der Waals surface area contributed by atoms with Crippen LogP contribution in [0.5, 0.6) is 0 Å². The van der Waals surface area contributed by atoms with Gasteiger partial charge in [0.25, 0.3) is 0 Å². The monoisotopic (exact) mass is 309 g/mol. The molecule has 0 saturated heterocycles. The van der Waals surface area contributed by atoms with Crippen molar-refractivity contribution in [2.24, 2.45) is 0 Å². The van der Waals surface area contributed by atoms with Crippen molar-refractivity contribution in [1.82, 2.24) is 25.1 Å². The molecule has 3 heterocycles. The van der Waals surface area contributed by atoms with Gasteiger partial charge in [0.05, 0.1) is 11.0 Å². The number of aryl methyl sites for hydroxylation is 2. The first kappa shape index (κ1) is 14.0. The molecule has 1 aliphatic rings. The maximum absolute atomic E-state index is 11.7. The van der Waals surface area contributed by atoms with Gasteiger partial charge in [-0.3, -0.25) is 9.89 Å². The second-order valence-corrected chi connectivity index (χ2v) is 6.26. The summed E-state index contributed by atoms with van der Waals surface area (Å²) < 4.78 is 0. The average Bonchev–Trinajstić information content (AvgIpc) is 3.10. The van der Waals surface area contributed by atoms with Crippen LogP contribution in [-0.4, -0.2) is 37.5 Å². The van der Waals surface area contributed by atoms with Gasteiger partial charge in [-0.15, -0.1) is 0 Å². The zero-order chi connectivity index (χ0) is 16.1. The van der Waals surface area contributed by atoms with Crippen LogP contribution < -0.4 is 0 Å². The summed E-state index contributed by atoms with van der Waals surface area (Å²) in [5.74, 6) is 0.853. The number of carbonyl (C=O) groups is 1. The van der Waals surface area contributed by atoms with E-state index in [2.05, 4.69) is 41.2 Å². The molecule has 118 valence electrons. The molecule has 0 bridgehead atoms. The summed E-state index contributed by atoms with van der Waals surface area (Å²) in [4.78, 5) is 21.6. The number of aromatic amines is 2. The van der Waals surface area contributed by atoms with Crippen LogP contribution in [0.1, 0.15) is 29.3 Å². The number of fused-ring (bicyclic) bond motifs is 2. The molecular formula is C17H19N5O. The average molecular weight is 309 g/mol. The fourth-order valence-electron chi connectivity index (χ4n) is 3.14. The molecule has 0 unspecified atom stereocenters. The SMILES string of the molecule is CC(=O)N1CCc2[nH]nc(-c3nc4cc(C)c(C)cc4[nH]3)c2C1. The zero-order valence-electron chi connectivity index (χ0n) is 13.5. The summed E-state index contributed by atoms with van der Waals surface area (Å²) in [5, 5.41) is 7.55. The molecule has 1 aliphatic heterocycles. The van der Waals surface area contributed by atoms with Crippen LogP contribution >= 0.6 is 0 Å². The summed E-state index contributed by atoms with van der Waals surface area (Å²) in [7, 11) is 0. The lowest BCUT2D eigenvalue weighted by atomic mass is 10.1. The van der Waals surface area contributed by atoms with E-state index in [1.807, 2.05) is 4.90 Å². The second kappa shape index (κ2) is 4.94. The third-order valence-corrected chi connectivity index (χ3v) is 4.70. The summed E-state index contributed by atoms with van der Waals surface area (Å²) in [6.07, 6.45) is 0.806. The van der Waals surface area contributed by atoms with Crippen molar-refractivity contribution in [2.45, 2.75) is 33.7 Å². The molecule has 6 heteroatoms. The van der Waals surface area contributed by atoms with Gasteiger partial charge in [-0.05, 0) is 37.1 Å². The van der Waals surface area contributed by atoms with Gasteiger partial charge in [0.2, 0.25) is 5.91 Å². The maximum atomic E-state index is 11.7. The molecule has 1 aromatic carbocycles. The van der Waals surface area contributed by atoms with Crippen LogP contribution in [0, 0.1) is 13.8 Å². The molecule has 0 saturated carbocycles. The van der Waals surface area contributed by atoms with Gasteiger partial charge in [-0.1, -0.05) is 0 Å². The minimum atomic E-state index is 0.0960. The van der Waals surface area contributed by atoms with E-state index in [1.54, 1.807) is 6.92 Å². The number of hydrogen-bond donors (Lipinski definition) is 2. The van der Waals surface area contributed by atoms with Crippen LogP contribution in [0.15, 0.2) is 12.1 Å². The summed E-state index contributed by atoms with van der Waals surface area (Å²) in [6, 6.07) is 4.20. The standard InChI is InChI=1S/C17H19N5O/c1-9-6-14-15(7-10(9)2)19-17(18-14)16-12-8-22(11(3)23)5-4-13(12)20-21-16/h6-7H,4-5,8H2,1-3H3,(H,18,19)(H,20,21).